The van der Waals surface area contributed by atoms with Crippen LogP contribution in [0.2, 0.25) is 0 Å². The molecule has 1 heterocycles. The van der Waals surface area contributed by atoms with Crippen molar-refractivity contribution in [3.63, 3.8) is 0 Å². The minimum absolute atomic E-state index is 0.00946. The van der Waals surface area contributed by atoms with E-state index in [1.54, 1.807) is 18.2 Å². The Labute approximate surface area is 115 Å². The first kappa shape index (κ1) is 13.7. The van der Waals surface area contributed by atoms with E-state index >= 15 is 0 Å². The highest BCUT2D eigenvalue weighted by Crippen LogP contribution is 2.31. The molecule has 0 bridgehead atoms. The lowest BCUT2D eigenvalue weighted by molar-refractivity contribution is -0.112. The third-order valence-corrected chi connectivity index (χ3v) is 3.90. The number of carbonyl (C=O) groups excluding carboxylic acids is 2. The molecule has 5 nitrogen and oxygen atoms in total. The minimum atomic E-state index is -0.409. The number of benzene rings is 1. The number of hydrogen-bond donors (Lipinski definition) is 1. The predicted molar refractivity (Wildman–Crippen MR) is 72.9 cm³/mol. The lowest BCUT2D eigenvalue weighted by Gasteiger charge is -2.14. The molecule has 1 aromatic rings. The van der Waals surface area contributed by atoms with Crippen LogP contribution in [0.4, 0.5) is 0 Å². The molecule has 2 rings (SSSR count). The lowest BCUT2D eigenvalue weighted by atomic mass is 10.1. The summed E-state index contributed by atoms with van der Waals surface area (Å²) < 4.78 is 10.3. The van der Waals surface area contributed by atoms with Crippen LogP contribution in [0, 0.1) is 0 Å². The summed E-state index contributed by atoms with van der Waals surface area (Å²) in [5.74, 6) is 1.29. The van der Waals surface area contributed by atoms with E-state index in [1.165, 1.54) is 26.0 Å². The van der Waals surface area contributed by atoms with Gasteiger partial charge in [-0.1, -0.05) is 17.8 Å². The second kappa shape index (κ2) is 5.97. The first-order valence-electron chi connectivity index (χ1n) is 5.86. The van der Waals surface area contributed by atoms with E-state index in [0.717, 1.165) is 5.75 Å². The van der Waals surface area contributed by atoms with Crippen molar-refractivity contribution in [1.82, 2.24) is 5.32 Å². The van der Waals surface area contributed by atoms with Crippen LogP contribution in [0.1, 0.15) is 16.8 Å². The Morgan fingerprint density at radius 3 is 2.74 bits per heavy atom. The molecule has 6 heteroatoms. The van der Waals surface area contributed by atoms with Crippen LogP contribution < -0.4 is 14.8 Å². The fraction of sp³-hybridized carbons (Fsp3) is 0.385. The quantitative estimate of drug-likeness (QED) is 0.905. The van der Waals surface area contributed by atoms with Crippen molar-refractivity contribution >= 4 is 22.8 Å². The maximum atomic E-state index is 12.2. The SMILES string of the molecule is COc1cccc(C(=O)N[C@@H]2CCSC2=O)c1OC. The van der Waals surface area contributed by atoms with Gasteiger partial charge in [0.15, 0.2) is 11.5 Å². The average molecular weight is 281 g/mol. The van der Waals surface area contributed by atoms with Crippen LogP contribution >= 0.6 is 11.8 Å². The summed E-state index contributed by atoms with van der Waals surface area (Å²) >= 11 is 1.25. The largest absolute Gasteiger partial charge is 0.493 e. The van der Waals surface area contributed by atoms with Crippen molar-refractivity contribution in [2.24, 2.45) is 0 Å². The zero-order valence-corrected chi connectivity index (χ0v) is 11.6. The second-order valence-corrected chi connectivity index (χ2v) is 5.12. The number of methoxy groups -OCH3 is 2. The maximum Gasteiger partial charge on any atom is 0.255 e. The molecular weight excluding hydrogens is 266 g/mol. The summed E-state index contributed by atoms with van der Waals surface area (Å²) in [6.07, 6.45) is 0.668. The monoisotopic (exact) mass is 281 g/mol. The predicted octanol–water partition coefficient (Wildman–Crippen LogP) is 1.47. The van der Waals surface area contributed by atoms with E-state index in [9.17, 15) is 9.59 Å². The van der Waals surface area contributed by atoms with Crippen LogP contribution in [0.15, 0.2) is 18.2 Å². The number of hydrogen-bond acceptors (Lipinski definition) is 5. The molecule has 1 aliphatic heterocycles. The molecule has 1 N–H and O–H groups in total. The molecule has 0 radical (unpaired) electrons. The molecule has 0 aromatic heterocycles. The Morgan fingerprint density at radius 1 is 1.37 bits per heavy atom. The molecule has 1 amide bonds. The number of ether oxygens (including phenoxy) is 2. The van der Waals surface area contributed by atoms with Crippen LogP contribution in [-0.4, -0.2) is 37.0 Å². The Hall–Kier alpha value is -1.69. The molecule has 0 unspecified atom stereocenters. The molecule has 1 saturated heterocycles. The number of carbonyl (C=O) groups is 2. The van der Waals surface area contributed by atoms with Gasteiger partial charge in [0.05, 0.1) is 25.8 Å². The van der Waals surface area contributed by atoms with E-state index in [-0.39, 0.29) is 11.0 Å². The van der Waals surface area contributed by atoms with Crippen LogP contribution in [0.25, 0.3) is 0 Å². The highest BCUT2D eigenvalue weighted by molar-refractivity contribution is 8.14. The van der Waals surface area contributed by atoms with Crippen molar-refractivity contribution in [2.45, 2.75) is 12.5 Å². The summed E-state index contributed by atoms with van der Waals surface area (Å²) in [6, 6.07) is 4.66. The Balaban J connectivity index is 2.21. The Bertz CT molecular complexity index is 503. The molecule has 1 fully saturated rings. The molecule has 0 spiro atoms. The molecule has 102 valence electrons. The third-order valence-electron chi connectivity index (χ3n) is 2.89. The van der Waals surface area contributed by atoms with Gasteiger partial charge in [0, 0.05) is 5.75 Å². The minimum Gasteiger partial charge on any atom is -0.493 e. The van der Waals surface area contributed by atoms with Gasteiger partial charge in [-0.3, -0.25) is 9.59 Å². The first-order valence-corrected chi connectivity index (χ1v) is 6.84. The van der Waals surface area contributed by atoms with Gasteiger partial charge in [0.2, 0.25) is 5.12 Å². The van der Waals surface area contributed by atoms with Gasteiger partial charge in [-0.25, -0.2) is 0 Å². The van der Waals surface area contributed by atoms with Gasteiger partial charge < -0.3 is 14.8 Å². The van der Waals surface area contributed by atoms with E-state index in [0.29, 0.717) is 23.5 Å². The van der Waals surface area contributed by atoms with Gasteiger partial charge in [-0.05, 0) is 18.6 Å². The van der Waals surface area contributed by atoms with E-state index in [1.807, 2.05) is 0 Å². The first-order chi connectivity index (χ1) is 9.17. The van der Waals surface area contributed by atoms with Crippen molar-refractivity contribution in [2.75, 3.05) is 20.0 Å². The van der Waals surface area contributed by atoms with Crippen LogP contribution in [0.3, 0.4) is 0 Å². The second-order valence-electron chi connectivity index (χ2n) is 4.02. The summed E-state index contributed by atoms with van der Waals surface area (Å²) in [5.41, 5.74) is 0.367. The van der Waals surface area contributed by atoms with Gasteiger partial charge in [0.25, 0.3) is 5.91 Å². The van der Waals surface area contributed by atoms with Crippen molar-refractivity contribution in [3.8, 4) is 11.5 Å². The average Bonchev–Trinajstić information content (AvgIpc) is 2.83. The lowest BCUT2D eigenvalue weighted by Crippen LogP contribution is -2.37. The topological polar surface area (TPSA) is 64.6 Å². The van der Waals surface area contributed by atoms with Gasteiger partial charge >= 0.3 is 0 Å². The van der Waals surface area contributed by atoms with Crippen LogP contribution in [-0.2, 0) is 4.79 Å². The number of nitrogens with one attached hydrogen (secondary N) is 1. The molecule has 1 aromatic carbocycles. The summed E-state index contributed by atoms with van der Waals surface area (Å²) in [4.78, 5) is 23.7. The number of rotatable bonds is 4. The summed E-state index contributed by atoms with van der Waals surface area (Å²) in [7, 11) is 2.99. The molecular formula is C13H15NO4S. The fourth-order valence-electron chi connectivity index (χ4n) is 1.93. The number of amides is 1. The van der Waals surface area contributed by atoms with Crippen LogP contribution in [0.5, 0.6) is 11.5 Å². The van der Waals surface area contributed by atoms with E-state index in [2.05, 4.69) is 5.32 Å². The van der Waals surface area contributed by atoms with E-state index in [4.69, 9.17) is 9.47 Å². The zero-order valence-electron chi connectivity index (χ0n) is 10.8. The Morgan fingerprint density at radius 2 is 2.16 bits per heavy atom. The van der Waals surface area contributed by atoms with E-state index < -0.39 is 6.04 Å². The van der Waals surface area contributed by atoms with Crippen molar-refractivity contribution < 1.29 is 19.1 Å². The van der Waals surface area contributed by atoms with Crippen molar-refractivity contribution in [3.05, 3.63) is 23.8 Å². The standard InChI is InChI=1S/C13H15NO4S/c1-17-10-5-3-4-8(11(10)18-2)12(15)14-9-6-7-19-13(9)16/h3-5,9H,6-7H2,1-2H3,(H,14,15)/t9-/m1/s1. The van der Waals surface area contributed by atoms with Gasteiger partial charge in [-0.15, -0.1) is 0 Å². The maximum absolute atomic E-state index is 12.2. The number of para-hydroxylation sites is 1. The molecule has 0 saturated carbocycles. The van der Waals surface area contributed by atoms with Crippen molar-refractivity contribution in [1.29, 1.82) is 0 Å². The van der Waals surface area contributed by atoms with Gasteiger partial charge in [0.1, 0.15) is 0 Å². The highest BCUT2D eigenvalue weighted by atomic mass is 32.2. The third kappa shape index (κ3) is 2.84. The zero-order chi connectivity index (χ0) is 13.8. The molecule has 19 heavy (non-hydrogen) atoms. The molecule has 1 aliphatic rings. The van der Waals surface area contributed by atoms with Gasteiger partial charge in [-0.2, -0.15) is 0 Å². The fourth-order valence-corrected chi connectivity index (χ4v) is 2.86. The summed E-state index contributed by atoms with van der Waals surface area (Å²) in [6.45, 7) is 0. The normalized spacial score (nSPS) is 18.2. The molecule has 1 atom stereocenters. The highest BCUT2D eigenvalue weighted by Gasteiger charge is 2.28. The smallest absolute Gasteiger partial charge is 0.255 e. The Kier molecular flexibility index (Phi) is 4.31. The molecule has 0 aliphatic carbocycles. The number of thioether (sulfide) groups is 1. The summed E-state index contributed by atoms with van der Waals surface area (Å²) in [5, 5.41) is 2.74.